The molecule has 2 rings (SSSR count). The number of ether oxygens (including phenoxy) is 1. The van der Waals surface area contributed by atoms with E-state index in [4.69, 9.17) is 10.5 Å². The van der Waals surface area contributed by atoms with Crippen LogP contribution in [0.15, 0.2) is 12.1 Å². The Labute approximate surface area is 114 Å². The SMILES string of the molecule is CCCOC(=O)c1ccc2c(c1N)CN(CCC)C2. The first-order valence-corrected chi connectivity index (χ1v) is 6.97. The van der Waals surface area contributed by atoms with Crippen LogP contribution in [0.1, 0.15) is 48.2 Å². The van der Waals surface area contributed by atoms with Crippen molar-refractivity contribution in [2.45, 2.75) is 39.8 Å². The van der Waals surface area contributed by atoms with E-state index >= 15 is 0 Å². The monoisotopic (exact) mass is 262 g/mol. The molecule has 19 heavy (non-hydrogen) atoms. The van der Waals surface area contributed by atoms with Crippen molar-refractivity contribution in [3.05, 3.63) is 28.8 Å². The summed E-state index contributed by atoms with van der Waals surface area (Å²) in [7, 11) is 0. The van der Waals surface area contributed by atoms with Crippen LogP contribution in [-0.2, 0) is 17.8 Å². The van der Waals surface area contributed by atoms with Gasteiger partial charge >= 0.3 is 5.97 Å². The molecule has 0 saturated carbocycles. The fourth-order valence-electron chi connectivity index (χ4n) is 2.49. The number of benzene rings is 1. The molecule has 4 nitrogen and oxygen atoms in total. The highest BCUT2D eigenvalue weighted by Gasteiger charge is 2.24. The molecule has 1 heterocycles. The van der Waals surface area contributed by atoms with Crippen molar-refractivity contribution in [1.82, 2.24) is 4.90 Å². The number of nitrogens with zero attached hydrogens (tertiary/aromatic N) is 1. The van der Waals surface area contributed by atoms with Crippen LogP contribution < -0.4 is 5.73 Å². The Hall–Kier alpha value is -1.55. The Morgan fingerprint density at radius 2 is 2.11 bits per heavy atom. The van der Waals surface area contributed by atoms with Crippen LogP contribution in [0.4, 0.5) is 5.69 Å². The summed E-state index contributed by atoms with van der Waals surface area (Å²) in [6.45, 7) is 7.41. The maximum atomic E-state index is 11.9. The molecule has 2 N–H and O–H groups in total. The number of hydrogen-bond acceptors (Lipinski definition) is 4. The van der Waals surface area contributed by atoms with E-state index < -0.39 is 0 Å². The molecule has 0 fully saturated rings. The van der Waals surface area contributed by atoms with Gasteiger partial charge in [-0.1, -0.05) is 19.9 Å². The second-order valence-electron chi connectivity index (χ2n) is 5.01. The highest BCUT2D eigenvalue weighted by Crippen LogP contribution is 2.30. The van der Waals surface area contributed by atoms with Gasteiger partial charge in [0.05, 0.1) is 17.9 Å². The topological polar surface area (TPSA) is 55.6 Å². The standard InChI is InChI=1S/C15H22N2O2/c1-3-7-17-9-11-5-6-12(14(16)13(11)10-17)15(18)19-8-4-2/h5-6H,3-4,7-10,16H2,1-2H3. The van der Waals surface area contributed by atoms with Crippen molar-refractivity contribution in [2.75, 3.05) is 18.9 Å². The van der Waals surface area contributed by atoms with Gasteiger partial charge in [0, 0.05) is 13.1 Å². The van der Waals surface area contributed by atoms with Gasteiger partial charge in [-0.3, -0.25) is 4.90 Å². The Kier molecular flexibility index (Phi) is 4.43. The third-order valence-electron chi connectivity index (χ3n) is 3.43. The molecule has 1 aliphatic rings. The fourth-order valence-corrected chi connectivity index (χ4v) is 2.49. The van der Waals surface area contributed by atoms with Gasteiger partial charge in [0.2, 0.25) is 0 Å². The first-order chi connectivity index (χ1) is 9.17. The lowest BCUT2D eigenvalue weighted by molar-refractivity contribution is 0.0506. The lowest BCUT2D eigenvalue weighted by Gasteiger charge is -2.12. The van der Waals surface area contributed by atoms with E-state index in [1.54, 1.807) is 6.07 Å². The number of carbonyl (C=O) groups is 1. The average molecular weight is 262 g/mol. The van der Waals surface area contributed by atoms with Gasteiger partial charge in [0.1, 0.15) is 0 Å². The largest absolute Gasteiger partial charge is 0.462 e. The van der Waals surface area contributed by atoms with Crippen LogP contribution in [0, 0.1) is 0 Å². The maximum absolute atomic E-state index is 11.9. The van der Waals surface area contributed by atoms with Crippen LogP contribution in [0.5, 0.6) is 0 Å². The molecule has 0 amide bonds. The van der Waals surface area contributed by atoms with Gasteiger partial charge in [0.15, 0.2) is 0 Å². The molecule has 0 unspecified atom stereocenters. The molecule has 4 heteroatoms. The molecule has 0 atom stereocenters. The van der Waals surface area contributed by atoms with Crippen LogP contribution in [0.2, 0.25) is 0 Å². The number of fused-ring (bicyclic) bond motifs is 1. The summed E-state index contributed by atoms with van der Waals surface area (Å²) in [6.07, 6.45) is 1.94. The van der Waals surface area contributed by atoms with Gasteiger partial charge in [-0.25, -0.2) is 4.79 Å². The van der Waals surface area contributed by atoms with Gasteiger partial charge in [-0.15, -0.1) is 0 Å². The summed E-state index contributed by atoms with van der Waals surface area (Å²) < 4.78 is 5.16. The number of hydrogen-bond donors (Lipinski definition) is 1. The average Bonchev–Trinajstić information content (AvgIpc) is 2.80. The van der Waals surface area contributed by atoms with Crippen molar-refractivity contribution < 1.29 is 9.53 Å². The predicted molar refractivity (Wildman–Crippen MR) is 75.8 cm³/mol. The molecule has 0 aliphatic carbocycles. The van der Waals surface area contributed by atoms with Crippen LogP contribution in [0.25, 0.3) is 0 Å². The van der Waals surface area contributed by atoms with Crippen LogP contribution in [-0.4, -0.2) is 24.0 Å². The summed E-state index contributed by atoms with van der Waals surface area (Å²) >= 11 is 0. The van der Waals surface area contributed by atoms with Crippen LogP contribution >= 0.6 is 0 Å². The van der Waals surface area contributed by atoms with E-state index in [0.29, 0.717) is 17.9 Å². The third kappa shape index (κ3) is 2.89. The van der Waals surface area contributed by atoms with Gasteiger partial charge in [-0.05, 0) is 36.6 Å². The van der Waals surface area contributed by atoms with Gasteiger partial charge in [-0.2, -0.15) is 0 Å². The molecule has 0 radical (unpaired) electrons. The van der Waals surface area contributed by atoms with E-state index in [0.717, 1.165) is 38.0 Å². The minimum atomic E-state index is -0.309. The van der Waals surface area contributed by atoms with E-state index in [-0.39, 0.29) is 5.97 Å². The molecular formula is C15H22N2O2. The molecule has 0 spiro atoms. The Balaban J connectivity index is 2.18. The smallest absolute Gasteiger partial charge is 0.340 e. The van der Waals surface area contributed by atoms with Crippen molar-refractivity contribution in [1.29, 1.82) is 0 Å². The summed E-state index contributed by atoms with van der Waals surface area (Å²) in [5, 5.41) is 0. The van der Waals surface area contributed by atoms with Gasteiger partial charge < -0.3 is 10.5 Å². The lowest BCUT2D eigenvalue weighted by Crippen LogP contribution is -2.17. The summed E-state index contributed by atoms with van der Waals surface area (Å²) in [4.78, 5) is 14.3. The summed E-state index contributed by atoms with van der Waals surface area (Å²) in [5.74, 6) is -0.309. The Bertz CT molecular complexity index is 471. The normalized spacial score (nSPS) is 14.4. The number of anilines is 1. The first kappa shape index (κ1) is 13.9. The summed E-state index contributed by atoms with van der Waals surface area (Å²) in [6, 6.07) is 3.80. The molecule has 0 saturated heterocycles. The molecule has 1 aliphatic heterocycles. The number of carbonyl (C=O) groups excluding carboxylic acids is 1. The quantitative estimate of drug-likeness (QED) is 0.654. The molecule has 0 aromatic heterocycles. The zero-order valence-electron chi connectivity index (χ0n) is 11.7. The maximum Gasteiger partial charge on any atom is 0.340 e. The molecule has 0 bridgehead atoms. The van der Waals surface area contributed by atoms with Crippen LogP contribution in [0.3, 0.4) is 0 Å². The number of nitrogen functional groups attached to an aromatic ring is 1. The Morgan fingerprint density at radius 3 is 2.79 bits per heavy atom. The molecular weight excluding hydrogens is 240 g/mol. The molecule has 1 aromatic carbocycles. The number of rotatable bonds is 5. The van der Waals surface area contributed by atoms with Crippen molar-refractivity contribution in [2.24, 2.45) is 0 Å². The zero-order valence-corrected chi connectivity index (χ0v) is 11.7. The van der Waals surface area contributed by atoms with Gasteiger partial charge in [0.25, 0.3) is 0 Å². The van der Waals surface area contributed by atoms with Crippen molar-refractivity contribution in [3.8, 4) is 0 Å². The number of nitrogens with two attached hydrogens (primary N) is 1. The minimum absolute atomic E-state index is 0.309. The zero-order chi connectivity index (χ0) is 13.8. The fraction of sp³-hybridized carbons (Fsp3) is 0.533. The number of esters is 1. The van der Waals surface area contributed by atoms with Crippen molar-refractivity contribution >= 4 is 11.7 Å². The highest BCUT2D eigenvalue weighted by atomic mass is 16.5. The predicted octanol–water partition coefficient (Wildman–Crippen LogP) is 2.56. The molecule has 1 aromatic rings. The third-order valence-corrected chi connectivity index (χ3v) is 3.43. The van der Waals surface area contributed by atoms with E-state index in [2.05, 4.69) is 11.8 Å². The second kappa shape index (κ2) is 6.06. The van der Waals surface area contributed by atoms with Crippen molar-refractivity contribution in [3.63, 3.8) is 0 Å². The summed E-state index contributed by atoms with van der Waals surface area (Å²) in [5.41, 5.74) is 9.57. The van der Waals surface area contributed by atoms with E-state index in [1.807, 2.05) is 13.0 Å². The lowest BCUT2D eigenvalue weighted by atomic mass is 10.0. The first-order valence-electron chi connectivity index (χ1n) is 6.97. The Morgan fingerprint density at radius 1 is 1.32 bits per heavy atom. The van der Waals surface area contributed by atoms with E-state index in [1.165, 1.54) is 5.56 Å². The minimum Gasteiger partial charge on any atom is -0.462 e. The molecule has 104 valence electrons. The second-order valence-corrected chi connectivity index (χ2v) is 5.01. The highest BCUT2D eigenvalue weighted by molar-refractivity contribution is 5.96. The van der Waals surface area contributed by atoms with E-state index in [9.17, 15) is 4.79 Å².